The summed E-state index contributed by atoms with van der Waals surface area (Å²) in [5, 5.41) is 0.481. The van der Waals surface area contributed by atoms with E-state index in [9.17, 15) is 0 Å². The Bertz CT molecular complexity index is 593. The quantitative estimate of drug-likeness (QED) is 0.811. The summed E-state index contributed by atoms with van der Waals surface area (Å²) in [6.07, 6.45) is 2.68. The SMILES string of the molecule is CN(CCc1ccccn1)c1cc(Cl)nc(C(C)(C)C)n1. The van der Waals surface area contributed by atoms with Gasteiger partial charge in [0.1, 0.15) is 16.8 Å². The number of hydrogen-bond acceptors (Lipinski definition) is 4. The number of hydrogen-bond donors (Lipinski definition) is 0. The number of likely N-dealkylation sites (N-methyl/N-ethyl adjacent to an activating group) is 1. The van der Waals surface area contributed by atoms with Gasteiger partial charge in [-0.3, -0.25) is 4.98 Å². The van der Waals surface area contributed by atoms with Crippen molar-refractivity contribution < 1.29 is 0 Å². The van der Waals surface area contributed by atoms with Gasteiger partial charge in [-0.15, -0.1) is 0 Å². The van der Waals surface area contributed by atoms with Crippen LogP contribution in [0.4, 0.5) is 5.82 Å². The highest BCUT2D eigenvalue weighted by atomic mass is 35.5. The van der Waals surface area contributed by atoms with E-state index >= 15 is 0 Å². The van der Waals surface area contributed by atoms with E-state index in [2.05, 4.69) is 40.6 Å². The summed E-state index contributed by atoms with van der Waals surface area (Å²) < 4.78 is 0. The molecule has 2 aromatic rings. The molecule has 0 aromatic carbocycles. The lowest BCUT2D eigenvalue weighted by Gasteiger charge is -2.22. The molecular weight excluding hydrogens is 284 g/mol. The van der Waals surface area contributed by atoms with Gasteiger partial charge in [0.05, 0.1) is 0 Å². The van der Waals surface area contributed by atoms with Crippen LogP contribution in [0.2, 0.25) is 5.15 Å². The van der Waals surface area contributed by atoms with Crippen LogP contribution in [0.1, 0.15) is 32.3 Å². The van der Waals surface area contributed by atoms with Gasteiger partial charge in [0.25, 0.3) is 0 Å². The minimum atomic E-state index is -0.124. The fourth-order valence-electron chi connectivity index (χ4n) is 1.88. The first-order valence-electron chi connectivity index (χ1n) is 7.02. The van der Waals surface area contributed by atoms with Crippen molar-refractivity contribution >= 4 is 17.4 Å². The van der Waals surface area contributed by atoms with Gasteiger partial charge in [-0.05, 0) is 12.1 Å². The molecule has 2 aromatic heterocycles. The van der Waals surface area contributed by atoms with Gasteiger partial charge in [0, 0.05) is 43.4 Å². The molecule has 0 unspecified atom stereocenters. The van der Waals surface area contributed by atoms with E-state index in [1.165, 1.54) is 0 Å². The molecule has 0 aliphatic rings. The van der Waals surface area contributed by atoms with E-state index in [1.54, 1.807) is 6.07 Å². The summed E-state index contributed by atoms with van der Waals surface area (Å²) >= 11 is 6.13. The first kappa shape index (κ1) is 15.7. The van der Waals surface area contributed by atoms with Crippen molar-refractivity contribution in [1.29, 1.82) is 0 Å². The molecule has 4 nitrogen and oxygen atoms in total. The normalized spacial score (nSPS) is 11.5. The largest absolute Gasteiger partial charge is 0.359 e. The van der Waals surface area contributed by atoms with Crippen molar-refractivity contribution in [2.24, 2.45) is 0 Å². The molecule has 2 heterocycles. The van der Waals surface area contributed by atoms with Crippen LogP contribution in [-0.4, -0.2) is 28.5 Å². The van der Waals surface area contributed by atoms with Gasteiger partial charge >= 0.3 is 0 Å². The Hall–Kier alpha value is -1.68. The smallest absolute Gasteiger partial charge is 0.137 e. The fourth-order valence-corrected chi connectivity index (χ4v) is 2.06. The molecule has 0 saturated heterocycles. The monoisotopic (exact) mass is 304 g/mol. The van der Waals surface area contributed by atoms with Crippen LogP contribution in [0, 0.1) is 0 Å². The van der Waals surface area contributed by atoms with Gasteiger partial charge in [0.15, 0.2) is 0 Å². The summed E-state index contributed by atoms with van der Waals surface area (Å²) in [4.78, 5) is 15.4. The lowest BCUT2D eigenvalue weighted by atomic mass is 9.96. The van der Waals surface area contributed by atoms with E-state index < -0.39 is 0 Å². The Morgan fingerprint density at radius 1 is 1.19 bits per heavy atom. The molecule has 2 rings (SSSR count). The molecule has 112 valence electrons. The van der Waals surface area contributed by atoms with Crippen molar-refractivity contribution in [3.63, 3.8) is 0 Å². The van der Waals surface area contributed by atoms with E-state index in [0.717, 1.165) is 30.3 Å². The van der Waals surface area contributed by atoms with Crippen LogP contribution in [0.15, 0.2) is 30.5 Å². The molecule has 0 radical (unpaired) electrons. The molecule has 0 amide bonds. The summed E-state index contributed by atoms with van der Waals surface area (Å²) in [6.45, 7) is 7.07. The molecule has 0 atom stereocenters. The Labute approximate surface area is 131 Å². The molecule has 0 saturated carbocycles. The molecule has 0 aliphatic carbocycles. The zero-order valence-electron chi connectivity index (χ0n) is 13.0. The number of anilines is 1. The zero-order chi connectivity index (χ0) is 15.5. The lowest BCUT2D eigenvalue weighted by Crippen LogP contribution is -2.24. The van der Waals surface area contributed by atoms with Gasteiger partial charge < -0.3 is 4.90 Å². The summed E-state index contributed by atoms with van der Waals surface area (Å²) in [5.41, 5.74) is 0.946. The predicted molar refractivity (Wildman–Crippen MR) is 87.0 cm³/mol. The van der Waals surface area contributed by atoms with E-state index in [4.69, 9.17) is 11.6 Å². The maximum absolute atomic E-state index is 6.13. The minimum Gasteiger partial charge on any atom is -0.359 e. The van der Waals surface area contributed by atoms with Crippen molar-refractivity contribution in [1.82, 2.24) is 15.0 Å². The molecular formula is C16H21ClN4. The van der Waals surface area contributed by atoms with Crippen LogP contribution >= 0.6 is 11.6 Å². The zero-order valence-corrected chi connectivity index (χ0v) is 13.7. The highest BCUT2D eigenvalue weighted by Gasteiger charge is 2.19. The highest BCUT2D eigenvalue weighted by Crippen LogP contribution is 2.23. The van der Waals surface area contributed by atoms with Crippen LogP contribution in [0.25, 0.3) is 0 Å². The van der Waals surface area contributed by atoms with Crippen molar-refractivity contribution in [3.05, 3.63) is 47.1 Å². The highest BCUT2D eigenvalue weighted by molar-refractivity contribution is 6.29. The Balaban J connectivity index is 2.12. The molecule has 5 heteroatoms. The number of pyridine rings is 1. The second-order valence-electron chi connectivity index (χ2n) is 6.12. The second-order valence-corrected chi connectivity index (χ2v) is 6.50. The Morgan fingerprint density at radius 2 is 1.95 bits per heavy atom. The van der Waals surface area contributed by atoms with Crippen LogP contribution < -0.4 is 4.90 Å². The molecule has 0 fully saturated rings. The van der Waals surface area contributed by atoms with Crippen LogP contribution in [0.3, 0.4) is 0 Å². The first-order chi connectivity index (χ1) is 9.86. The maximum atomic E-state index is 6.13. The average Bonchev–Trinajstić information content (AvgIpc) is 2.44. The summed E-state index contributed by atoms with van der Waals surface area (Å²) in [6, 6.07) is 7.76. The molecule has 0 aliphatic heterocycles. The lowest BCUT2D eigenvalue weighted by molar-refractivity contribution is 0.544. The first-order valence-corrected chi connectivity index (χ1v) is 7.40. The third-order valence-electron chi connectivity index (χ3n) is 3.17. The Kier molecular flexibility index (Phi) is 4.78. The van der Waals surface area contributed by atoms with Crippen molar-refractivity contribution in [2.75, 3.05) is 18.5 Å². The standard InChI is InChI=1S/C16H21ClN4/c1-16(2,3)15-19-13(17)11-14(20-15)21(4)10-8-12-7-5-6-9-18-12/h5-7,9,11H,8,10H2,1-4H3. The topological polar surface area (TPSA) is 41.9 Å². The fraction of sp³-hybridized carbons (Fsp3) is 0.438. The number of rotatable bonds is 4. The third kappa shape index (κ3) is 4.39. The van der Waals surface area contributed by atoms with Gasteiger partial charge in [-0.25, -0.2) is 9.97 Å². The second kappa shape index (κ2) is 6.39. The van der Waals surface area contributed by atoms with Crippen LogP contribution in [-0.2, 0) is 11.8 Å². The average molecular weight is 305 g/mol. The van der Waals surface area contributed by atoms with E-state index in [0.29, 0.717) is 5.15 Å². The van der Waals surface area contributed by atoms with Crippen molar-refractivity contribution in [2.45, 2.75) is 32.6 Å². The van der Waals surface area contributed by atoms with E-state index in [-0.39, 0.29) is 5.41 Å². The van der Waals surface area contributed by atoms with E-state index in [1.807, 2.05) is 31.4 Å². The van der Waals surface area contributed by atoms with Gasteiger partial charge in [-0.2, -0.15) is 0 Å². The predicted octanol–water partition coefficient (Wildman–Crippen LogP) is 3.50. The maximum Gasteiger partial charge on any atom is 0.137 e. The summed E-state index contributed by atoms with van der Waals surface area (Å²) in [5.74, 6) is 1.60. The van der Waals surface area contributed by atoms with Gasteiger partial charge in [0.2, 0.25) is 0 Å². The number of nitrogens with zero attached hydrogens (tertiary/aromatic N) is 4. The molecule has 0 bridgehead atoms. The van der Waals surface area contributed by atoms with Crippen molar-refractivity contribution in [3.8, 4) is 0 Å². The van der Waals surface area contributed by atoms with Gasteiger partial charge in [-0.1, -0.05) is 38.4 Å². The molecule has 0 spiro atoms. The minimum absolute atomic E-state index is 0.124. The summed E-state index contributed by atoms with van der Waals surface area (Å²) in [7, 11) is 2.01. The molecule has 21 heavy (non-hydrogen) atoms. The Morgan fingerprint density at radius 3 is 2.57 bits per heavy atom. The molecule has 0 N–H and O–H groups in total. The number of halogens is 1. The van der Waals surface area contributed by atoms with Crippen LogP contribution in [0.5, 0.6) is 0 Å². The third-order valence-corrected chi connectivity index (χ3v) is 3.37. The number of aromatic nitrogens is 3.